The number of aliphatic hydroxyl groups excluding tert-OH is 1. The molecule has 1 saturated heterocycles. The molecule has 0 saturated carbocycles. The molecule has 1 aliphatic heterocycles. The van der Waals surface area contributed by atoms with Crippen molar-refractivity contribution >= 4 is 16.6 Å². The molecule has 1 N–H and O–H groups in total. The van der Waals surface area contributed by atoms with Gasteiger partial charge in [-0.2, -0.15) is 0 Å². The van der Waals surface area contributed by atoms with E-state index >= 15 is 0 Å². The van der Waals surface area contributed by atoms with Crippen LogP contribution in [-0.2, 0) is 11.3 Å². The summed E-state index contributed by atoms with van der Waals surface area (Å²) in [6.45, 7) is 1.71. The SMILES string of the molecule is CN(CC1CCCO1)c1cc(CO)nc2ccccc12. The zero-order chi connectivity index (χ0) is 13.9. The van der Waals surface area contributed by atoms with Gasteiger partial charge >= 0.3 is 0 Å². The molecular weight excluding hydrogens is 252 g/mol. The Bertz CT molecular complexity index is 594. The smallest absolute Gasteiger partial charge is 0.0854 e. The number of hydrogen-bond donors (Lipinski definition) is 1. The number of fused-ring (bicyclic) bond motifs is 1. The molecule has 4 nitrogen and oxygen atoms in total. The zero-order valence-corrected chi connectivity index (χ0v) is 11.7. The number of ether oxygens (including phenoxy) is 1. The number of likely N-dealkylation sites (N-methyl/N-ethyl adjacent to an activating group) is 1. The minimum atomic E-state index is -0.0361. The monoisotopic (exact) mass is 272 g/mol. The summed E-state index contributed by atoms with van der Waals surface area (Å²) in [6, 6.07) is 10.0. The normalized spacial score (nSPS) is 18.6. The highest BCUT2D eigenvalue weighted by Gasteiger charge is 2.19. The van der Waals surface area contributed by atoms with E-state index in [0.717, 1.165) is 42.6 Å². The summed E-state index contributed by atoms with van der Waals surface area (Å²) in [6.07, 6.45) is 2.59. The second-order valence-electron chi connectivity index (χ2n) is 5.32. The van der Waals surface area contributed by atoms with E-state index in [1.807, 2.05) is 24.3 Å². The van der Waals surface area contributed by atoms with Crippen LogP contribution in [0.1, 0.15) is 18.5 Å². The van der Waals surface area contributed by atoms with E-state index in [0.29, 0.717) is 11.8 Å². The van der Waals surface area contributed by atoms with E-state index in [-0.39, 0.29) is 6.61 Å². The maximum absolute atomic E-state index is 9.38. The van der Waals surface area contributed by atoms with Crippen LogP contribution in [0, 0.1) is 0 Å². The second-order valence-corrected chi connectivity index (χ2v) is 5.32. The molecule has 1 unspecified atom stereocenters. The third kappa shape index (κ3) is 2.62. The van der Waals surface area contributed by atoms with Crippen LogP contribution in [0.25, 0.3) is 10.9 Å². The van der Waals surface area contributed by atoms with Crippen molar-refractivity contribution in [3.8, 4) is 0 Å². The predicted molar refractivity (Wildman–Crippen MR) is 79.9 cm³/mol. The van der Waals surface area contributed by atoms with Gasteiger partial charge in [-0.25, -0.2) is 0 Å². The molecule has 0 bridgehead atoms. The Kier molecular flexibility index (Phi) is 3.85. The van der Waals surface area contributed by atoms with Gasteiger partial charge in [-0.1, -0.05) is 18.2 Å². The fourth-order valence-electron chi connectivity index (χ4n) is 2.80. The molecule has 0 radical (unpaired) electrons. The van der Waals surface area contributed by atoms with Crippen molar-refractivity contribution in [2.45, 2.75) is 25.6 Å². The van der Waals surface area contributed by atoms with Gasteiger partial charge in [0.2, 0.25) is 0 Å². The molecule has 106 valence electrons. The van der Waals surface area contributed by atoms with E-state index in [9.17, 15) is 5.11 Å². The summed E-state index contributed by atoms with van der Waals surface area (Å²) in [5.74, 6) is 0. The maximum atomic E-state index is 9.38. The molecule has 1 aliphatic rings. The van der Waals surface area contributed by atoms with Gasteiger partial charge in [0.05, 0.1) is 23.9 Å². The van der Waals surface area contributed by atoms with Crippen LogP contribution < -0.4 is 4.90 Å². The van der Waals surface area contributed by atoms with Gasteiger partial charge in [-0.3, -0.25) is 4.98 Å². The van der Waals surface area contributed by atoms with Crippen molar-refractivity contribution in [3.05, 3.63) is 36.0 Å². The minimum Gasteiger partial charge on any atom is -0.390 e. The van der Waals surface area contributed by atoms with Gasteiger partial charge in [-0.05, 0) is 25.0 Å². The Morgan fingerprint density at radius 3 is 3.00 bits per heavy atom. The molecule has 0 spiro atoms. The van der Waals surface area contributed by atoms with Crippen molar-refractivity contribution in [2.24, 2.45) is 0 Å². The average Bonchev–Trinajstić information content (AvgIpc) is 2.98. The molecule has 4 heteroatoms. The van der Waals surface area contributed by atoms with Crippen LogP contribution in [0.15, 0.2) is 30.3 Å². The zero-order valence-electron chi connectivity index (χ0n) is 11.7. The van der Waals surface area contributed by atoms with E-state index < -0.39 is 0 Å². The van der Waals surface area contributed by atoms with Crippen LogP contribution in [0.5, 0.6) is 0 Å². The lowest BCUT2D eigenvalue weighted by Crippen LogP contribution is -2.28. The first-order valence-electron chi connectivity index (χ1n) is 7.10. The van der Waals surface area contributed by atoms with Crippen molar-refractivity contribution in [1.29, 1.82) is 0 Å². The van der Waals surface area contributed by atoms with Gasteiger partial charge in [0.15, 0.2) is 0 Å². The fourth-order valence-corrected chi connectivity index (χ4v) is 2.80. The second kappa shape index (κ2) is 5.77. The maximum Gasteiger partial charge on any atom is 0.0854 e. The van der Waals surface area contributed by atoms with Gasteiger partial charge in [-0.15, -0.1) is 0 Å². The van der Waals surface area contributed by atoms with E-state index in [4.69, 9.17) is 4.74 Å². The Hall–Kier alpha value is -1.65. The standard InChI is InChI=1S/C16H20N2O2/c1-18(10-13-5-4-8-20-13)16-9-12(11-19)17-15-7-3-2-6-14(15)16/h2-3,6-7,9,13,19H,4-5,8,10-11H2,1H3. The first-order valence-corrected chi connectivity index (χ1v) is 7.10. The molecule has 2 heterocycles. The lowest BCUT2D eigenvalue weighted by atomic mass is 10.1. The van der Waals surface area contributed by atoms with E-state index in [2.05, 4.69) is 23.0 Å². The average molecular weight is 272 g/mol. The van der Waals surface area contributed by atoms with Gasteiger partial charge in [0, 0.05) is 31.3 Å². The molecule has 1 fully saturated rings. The summed E-state index contributed by atoms with van der Waals surface area (Å²) in [5, 5.41) is 10.5. The van der Waals surface area contributed by atoms with Crippen LogP contribution in [0.4, 0.5) is 5.69 Å². The first kappa shape index (κ1) is 13.3. The van der Waals surface area contributed by atoms with Gasteiger partial charge in [0.1, 0.15) is 0 Å². The number of benzene rings is 1. The number of rotatable bonds is 4. The fraction of sp³-hybridized carbons (Fsp3) is 0.438. The minimum absolute atomic E-state index is 0.0361. The highest BCUT2D eigenvalue weighted by molar-refractivity contribution is 5.91. The third-order valence-corrected chi connectivity index (χ3v) is 3.82. The number of aromatic nitrogens is 1. The topological polar surface area (TPSA) is 45.6 Å². The van der Waals surface area contributed by atoms with Crippen LogP contribution in [0.2, 0.25) is 0 Å². The number of anilines is 1. The first-order chi connectivity index (χ1) is 9.78. The summed E-state index contributed by atoms with van der Waals surface area (Å²) in [7, 11) is 2.07. The van der Waals surface area contributed by atoms with E-state index in [1.165, 1.54) is 0 Å². The van der Waals surface area contributed by atoms with Crippen molar-refractivity contribution in [3.63, 3.8) is 0 Å². The molecule has 3 rings (SSSR count). The highest BCUT2D eigenvalue weighted by Crippen LogP contribution is 2.27. The summed E-state index contributed by atoms with van der Waals surface area (Å²) in [4.78, 5) is 6.67. The van der Waals surface area contributed by atoms with Crippen LogP contribution >= 0.6 is 0 Å². The van der Waals surface area contributed by atoms with Crippen LogP contribution in [-0.4, -0.2) is 36.4 Å². The predicted octanol–water partition coefficient (Wildman–Crippen LogP) is 2.34. The number of aliphatic hydroxyl groups is 1. The summed E-state index contributed by atoms with van der Waals surface area (Å²) >= 11 is 0. The molecule has 20 heavy (non-hydrogen) atoms. The third-order valence-electron chi connectivity index (χ3n) is 3.82. The number of hydrogen-bond acceptors (Lipinski definition) is 4. The molecular formula is C16H20N2O2. The molecule has 1 atom stereocenters. The molecule has 1 aromatic carbocycles. The number of nitrogens with zero attached hydrogens (tertiary/aromatic N) is 2. The van der Waals surface area contributed by atoms with Crippen molar-refractivity contribution < 1.29 is 9.84 Å². The van der Waals surface area contributed by atoms with Gasteiger partial charge in [0.25, 0.3) is 0 Å². The molecule has 0 aliphatic carbocycles. The van der Waals surface area contributed by atoms with Crippen LogP contribution in [0.3, 0.4) is 0 Å². The van der Waals surface area contributed by atoms with Crippen molar-refractivity contribution in [1.82, 2.24) is 4.98 Å². The van der Waals surface area contributed by atoms with Crippen molar-refractivity contribution in [2.75, 3.05) is 25.1 Å². The Morgan fingerprint density at radius 1 is 1.40 bits per heavy atom. The Labute approximate surface area is 119 Å². The summed E-state index contributed by atoms with van der Waals surface area (Å²) < 4.78 is 5.71. The quantitative estimate of drug-likeness (QED) is 0.928. The molecule has 2 aromatic rings. The molecule has 0 amide bonds. The number of para-hydroxylation sites is 1. The Morgan fingerprint density at radius 2 is 2.25 bits per heavy atom. The lowest BCUT2D eigenvalue weighted by molar-refractivity contribution is 0.116. The Balaban J connectivity index is 1.95. The lowest BCUT2D eigenvalue weighted by Gasteiger charge is -2.24. The molecule has 1 aromatic heterocycles. The van der Waals surface area contributed by atoms with E-state index in [1.54, 1.807) is 0 Å². The summed E-state index contributed by atoms with van der Waals surface area (Å²) in [5.41, 5.74) is 2.74. The largest absolute Gasteiger partial charge is 0.390 e. The van der Waals surface area contributed by atoms with Gasteiger partial charge < -0.3 is 14.7 Å². The highest BCUT2D eigenvalue weighted by atomic mass is 16.5. The number of pyridine rings is 1.